The monoisotopic (exact) mass is 408 g/mol. The topological polar surface area (TPSA) is 82.0 Å². The Bertz CT molecular complexity index is 1310. The fourth-order valence-electron chi connectivity index (χ4n) is 2.92. The second-order valence-electron chi connectivity index (χ2n) is 6.09. The molecule has 138 valence electrons. The molecule has 0 unspecified atom stereocenters. The van der Waals surface area contributed by atoms with Crippen LogP contribution in [0.2, 0.25) is 5.02 Å². The summed E-state index contributed by atoms with van der Waals surface area (Å²) < 4.78 is 7.14. The van der Waals surface area contributed by atoms with E-state index >= 15 is 0 Å². The minimum atomic E-state index is 0.455. The van der Waals surface area contributed by atoms with E-state index in [-0.39, 0.29) is 0 Å². The molecule has 0 bridgehead atoms. The average Bonchev–Trinajstić information content (AvgIpc) is 3.33. The molecule has 5 aromatic rings. The molecule has 0 atom stereocenters. The molecule has 28 heavy (non-hydrogen) atoms. The molecule has 0 N–H and O–H groups in total. The zero-order chi connectivity index (χ0) is 19.1. The summed E-state index contributed by atoms with van der Waals surface area (Å²) in [6.45, 7) is 1.87. The van der Waals surface area contributed by atoms with Gasteiger partial charge in [-0.3, -0.25) is 0 Å². The van der Waals surface area contributed by atoms with Gasteiger partial charge < -0.3 is 4.52 Å². The van der Waals surface area contributed by atoms with Crippen LogP contribution in [0.15, 0.2) is 58.2 Å². The highest BCUT2D eigenvalue weighted by Crippen LogP contribution is 2.28. The van der Waals surface area contributed by atoms with E-state index in [0.29, 0.717) is 33.5 Å². The Morgan fingerprint density at radius 1 is 1.04 bits per heavy atom. The zero-order valence-electron chi connectivity index (χ0n) is 14.7. The standard InChI is InChI=1S/C19H13ClN6OS/c1-11-21-18-13-7-3-5-9-15(13)22-19(26(18)24-11)28-10-16-23-17(25-27-16)12-6-2-4-8-14(12)20/h2-9H,10H2,1H3. The van der Waals surface area contributed by atoms with Gasteiger partial charge in [-0.15, -0.1) is 5.10 Å². The fraction of sp³-hybridized carbons (Fsp3) is 0.105. The van der Waals surface area contributed by atoms with Gasteiger partial charge >= 0.3 is 0 Å². The van der Waals surface area contributed by atoms with Gasteiger partial charge in [-0.2, -0.15) is 9.50 Å². The molecule has 0 amide bonds. The predicted octanol–water partition coefficient (Wildman–Crippen LogP) is 4.58. The third-order valence-corrected chi connectivity index (χ3v) is 5.41. The Morgan fingerprint density at radius 3 is 2.75 bits per heavy atom. The molecule has 5 rings (SSSR count). The third kappa shape index (κ3) is 3.00. The fourth-order valence-corrected chi connectivity index (χ4v) is 3.92. The number of fused-ring (bicyclic) bond motifs is 3. The minimum Gasteiger partial charge on any atom is -0.338 e. The summed E-state index contributed by atoms with van der Waals surface area (Å²) in [5.41, 5.74) is 2.39. The van der Waals surface area contributed by atoms with Crippen LogP contribution in [0.25, 0.3) is 27.9 Å². The summed E-state index contributed by atoms with van der Waals surface area (Å²) in [5.74, 6) is 2.10. The molecule has 0 aliphatic rings. The number of nitrogens with zero attached hydrogens (tertiary/aromatic N) is 6. The largest absolute Gasteiger partial charge is 0.338 e. The number of halogens is 1. The number of thioether (sulfide) groups is 1. The van der Waals surface area contributed by atoms with Gasteiger partial charge in [0.05, 0.1) is 16.3 Å². The van der Waals surface area contributed by atoms with Gasteiger partial charge in [0.1, 0.15) is 5.82 Å². The van der Waals surface area contributed by atoms with Crippen LogP contribution in [-0.4, -0.2) is 29.7 Å². The van der Waals surface area contributed by atoms with Gasteiger partial charge in [0, 0.05) is 10.9 Å². The summed E-state index contributed by atoms with van der Waals surface area (Å²) in [4.78, 5) is 13.7. The Labute approximate surface area is 168 Å². The van der Waals surface area contributed by atoms with Crippen molar-refractivity contribution < 1.29 is 4.52 Å². The van der Waals surface area contributed by atoms with Crippen LogP contribution in [0.4, 0.5) is 0 Å². The maximum atomic E-state index is 6.21. The molecule has 0 spiro atoms. The van der Waals surface area contributed by atoms with Crippen molar-refractivity contribution in [2.24, 2.45) is 0 Å². The van der Waals surface area contributed by atoms with Gasteiger partial charge in [0.15, 0.2) is 10.8 Å². The van der Waals surface area contributed by atoms with Crippen molar-refractivity contribution in [1.29, 1.82) is 0 Å². The Balaban J connectivity index is 1.47. The Kier molecular flexibility index (Phi) is 4.22. The maximum absolute atomic E-state index is 6.21. The molecule has 3 heterocycles. The van der Waals surface area contributed by atoms with Crippen LogP contribution >= 0.6 is 23.4 Å². The van der Waals surface area contributed by atoms with Crippen molar-refractivity contribution in [2.45, 2.75) is 17.8 Å². The van der Waals surface area contributed by atoms with Crippen molar-refractivity contribution >= 4 is 39.9 Å². The molecule has 0 radical (unpaired) electrons. The molecule has 9 heteroatoms. The lowest BCUT2D eigenvalue weighted by molar-refractivity contribution is 0.391. The van der Waals surface area contributed by atoms with Crippen LogP contribution in [0.1, 0.15) is 11.7 Å². The molecule has 7 nitrogen and oxygen atoms in total. The molecule has 0 aliphatic carbocycles. The number of hydrogen-bond acceptors (Lipinski definition) is 7. The van der Waals surface area contributed by atoms with E-state index in [1.165, 1.54) is 11.8 Å². The van der Waals surface area contributed by atoms with Gasteiger partial charge in [0.2, 0.25) is 11.7 Å². The predicted molar refractivity (Wildman–Crippen MR) is 107 cm³/mol. The first-order valence-corrected chi connectivity index (χ1v) is 9.88. The molecule has 0 saturated heterocycles. The van der Waals surface area contributed by atoms with Gasteiger partial charge in [0.25, 0.3) is 0 Å². The summed E-state index contributed by atoms with van der Waals surface area (Å²) in [6, 6.07) is 15.3. The van der Waals surface area contributed by atoms with E-state index < -0.39 is 0 Å². The number of rotatable bonds is 4. The van der Waals surface area contributed by atoms with E-state index in [9.17, 15) is 0 Å². The number of benzene rings is 2. The molecular formula is C19H13ClN6OS. The number of hydrogen-bond donors (Lipinski definition) is 0. The highest BCUT2D eigenvalue weighted by molar-refractivity contribution is 7.98. The van der Waals surface area contributed by atoms with Gasteiger partial charge in [-0.05, 0) is 31.2 Å². The number of para-hydroxylation sites is 1. The highest BCUT2D eigenvalue weighted by atomic mass is 35.5. The summed E-state index contributed by atoms with van der Waals surface area (Å²) in [6.07, 6.45) is 0. The van der Waals surface area contributed by atoms with E-state index in [4.69, 9.17) is 21.1 Å². The number of aryl methyl sites for hydroxylation is 1. The minimum absolute atomic E-state index is 0.455. The smallest absolute Gasteiger partial charge is 0.237 e. The molecule has 0 aliphatic heterocycles. The molecule has 3 aromatic heterocycles. The first kappa shape index (κ1) is 17.2. The van der Waals surface area contributed by atoms with Crippen LogP contribution in [0.3, 0.4) is 0 Å². The average molecular weight is 409 g/mol. The van der Waals surface area contributed by atoms with Crippen molar-refractivity contribution in [3.63, 3.8) is 0 Å². The lowest BCUT2D eigenvalue weighted by atomic mass is 10.2. The first-order chi connectivity index (χ1) is 13.7. The number of aromatic nitrogens is 6. The van der Waals surface area contributed by atoms with Crippen LogP contribution in [0.5, 0.6) is 0 Å². The van der Waals surface area contributed by atoms with E-state index in [1.54, 1.807) is 10.6 Å². The van der Waals surface area contributed by atoms with E-state index in [2.05, 4.69) is 20.2 Å². The SMILES string of the molecule is Cc1nc2c3ccccc3nc(SCc3nc(-c4ccccc4Cl)no3)n2n1. The Morgan fingerprint density at radius 2 is 1.86 bits per heavy atom. The van der Waals surface area contributed by atoms with Crippen molar-refractivity contribution in [2.75, 3.05) is 0 Å². The highest BCUT2D eigenvalue weighted by Gasteiger charge is 2.15. The molecular weight excluding hydrogens is 396 g/mol. The third-order valence-electron chi connectivity index (χ3n) is 4.16. The van der Waals surface area contributed by atoms with Crippen molar-refractivity contribution in [1.82, 2.24) is 29.7 Å². The van der Waals surface area contributed by atoms with Gasteiger partial charge in [-0.1, -0.05) is 52.8 Å². The van der Waals surface area contributed by atoms with Crippen LogP contribution in [-0.2, 0) is 5.75 Å². The van der Waals surface area contributed by atoms with Crippen molar-refractivity contribution in [3.05, 3.63) is 65.3 Å². The van der Waals surface area contributed by atoms with E-state index in [0.717, 1.165) is 22.1 Å². The quantitative estimate of drug-likeness (QED) is 0.318. The second kappa shape index (κ2) is 6.88. The first-order valence-electron chi connectivity index (χ1n) is 8.51. The lowest BCUT2D eigenvalue weighted by Gasteiger charge is -2.04. The second-order valence-corrected chi connectivity index (χ2v) is 7.44. The summed E-state index contributed by atoms with van der Waals surface area (Å²) in [5, 5.41) is 10.8. The molecule has 2 aromatic carbocycles. The zero-order valence-corrected chi connectivity index (χ0v) is 16.3. The van der Waals surface area contributed by atoms with E-state index in [1.807, 2.05) is 49.4 Å². The Hall–Kier alpha value is -2.97. The maximum Gasteiger partial charge on any atom is 0.237 e. The summed E-state index contributed by atoms with van der Waals surface area (Å²) in [7, 11) is 0. The van der Waals surface area contributed by atoms with Crippen LogP contribution < -0.4 is 0 Å². The lowest BCUT2D eigenvalue weighted by Crippen LogP contribution is -1.98. The molecule has 0 saturated carbocycles. The molecule has 0 fully saturated rings. The normalized spacial score (nSPS) is 11.5. The van der Waals surface area contributed by atoms with Crippen LogP contribution in [0, 0.1) is 6.92 Å². The van der Waals surface area contributed by atoms with Gasteiger partial charge in [-0.25, -0.2) is 9.97 Å². The van der Waals surface area contributed by atoms with Crippen molar-refractivity contribution in [3.8, 4) is 11.4 Å². The summed E-state index contributed by atoms with van der Waals surface area (Å²) >= 11 is 7.67.